The van der Waals surface area contributed by atoms with Gasteiger partial charge in [-0.1, -0.05) is 12.1 Å². The van der Waals surface area contributed by atoms with Crippen LogP contribution in [0, 0.1) is 0 Å². The number of amides is 1. The summed E-state index contributed by atoms with van der Waals surface area (Å²) in [6, 6.07) is 7.08. The van der Waals surface area contributed by atoms with Gasteiger partial charge in [0.05, 0.1) is 5.56 Å². The Morgan fingerprint density at radius 3 is 2.67 bits per heavy atom. The van der Waals surface area contributed by atoms with E-state index in [-0.39, 0.29) is 11.7 Å². The highest BCUT2D eigenvalue weighted by Gasteiger charge is 2.09. The van der Waals surface area contributed by atoms with Crippen LogP contribution in [0.1, 0.15) is 30.6 Å². The fourth-order valence-electron chi connectivity index (χ4n) is 1.55. The largest absolute Gasteiger partial charge is 0.507 e. The van der Waals surface area contributed by atoms with E-state index in [1.165, 1.54) is 6.07 Å². The molecular weight excluding hydrogens is 228 g/mol. The van der Waals surface area contributed by atoms with Crippen LogP contribution in [0.15, 0.2) is 24.3 Å². The zero-order chi connectivity index (χ0) is 13.5. The van der Waals surface area contributed by atoms with Crippen LogP contribution >= 0.6 is 0 Å². The van der Waals surface area contributed by atoms with E-state index in [4.69, 9.17) is 0 Å². The van der Waals surface area contributed by atoms with Gasteiger partial charge in [-0.2, -0.15) is 0 Å². The summed E-state index contributed by atoms with van der Waals surface area (Å²) >= 11 is 0. The lowest BCUT2D eigenvalue weighted by atomic mass is 10.2. The summed E-state index contributed by atoms with van der Waals surface area (Å²) < 4.78 is 0. The first-order valence-corrected chi connectivity index (χ1v) is 6.28. The van der Waals surface area contributed by atoms with Gasteiger partial charge in [-0.05, 0) is 46.0 Å². The molecule has 0 aliphatic heterocycles. The van der Waals surface area contributed by atoms with Gasteiger partial charge >= 0.3 is 0 Å². The van der Waals surface area contributed by atoms with Crippen molar-refractivity contribution < 1.29 is 9.90 Å². The van der Waals surface area contributed by atoms with Crippen LogP contribution in [0.2, 0.25) is 0 Å². The molecule has 18 heavy (non-hydrogen) atoms. The molecule has 4 heteroatoms. The minimum Gasteiger partial charge on any atom is -0.507 e. The van der Waals surface area contributed by atoms with Crippen LogP contribution < -0.4 is 5.32 Å². The van der Waals surface area contributed by atoms with Gasteiger partial charge in [-0.15, -0.1) is 0 Å². The van der Waals surface area contributed by atoms with Crippen molar-refractivity contribution in [2.75, 3.05) is 20.1 Å². The summed E-state index contributed by atoms with van der Waals surface area (Å²) in [6.07, 6.45) is 0.897. The number of benzene rings is 1. The van der Waals surface area contributed by atoms with Gasteiger partial charge in [0.15, 0.2) is 0 Å². The zero-order valence-electron chi connectivity index (χ0n) is 11.3. The van der Waals surface area contributed by atoms with Gasteiger partial charge < -0.3 is 15.3 Å². The molecule has 1 aromatic carbocycles. The lowest BCUT2D eigenvalue weighted by Gasteiger charge is -2.20. The smallest absolute Gasteiger partial charge is 0.255 e. The molecule has 0 heterocycles. The molecule has 0 aromatic heterocycles. The lowest BCUT2D eigenvalue weighted by molar-refractivity contribution is 0.0949. The minimum atomic E-state index is -0.222. The molecule has 0 atom stereocenters. The zero-order valence-corrected chi connectivity index (χ0v) is 11.3. The predicted molar refractivity (Wildman–Crippen MR) is 72.8 cm³/mol. The Balaban J connectivity index is 2.32. The Morgan fingerprint density at radius 2 is 2.06 bits per heavy atom. The van der Waals surface area contributed by atoms with Crippen molar-refractivity contribution in [3.63, 3.8) is 0 Å². The first kappa shape index (κ1) is 14.5. The Kier molecular flexibility index (Phi) is 5.65. The van der Waals surface area contributed by atoms with E-state index in [0.717, 1.165) is 13.0 Å². The number of hydrogen-bond acceptors (Lipinski definition) is 3. The molecule has 0 bridgehead atoms. The van der Waals surface area contributed by atoms with Crippen LogP contribution in [0.5, 0.6) is 5.75 Å². The summed E-state index contributed by atoms with van der Waals surface area (Å²) in [5.41, 5.74) is 0.328. The summed E-state index contributed by atoms with van der Waals surface area (Å²) in [4.78, 5) is 14.0. The molecule has 0 aliphatic carbocycles. The summed E-state index contributed by atoms with van der Waals surface area (Å²) in [7, 11) is 2.06. The van der Waals surface area contributed by atoms with E-state index in [2.05, 4.69) is 31.1 Å². The second-order valence-electron chi connectivity index (χ2n) is 4.70. The summed E-state index contributed by atoms with van der Waals surface area (Å²) in [5.74, 6) is -0.199. The van der Waals surface area contributed by atoms with Gasteiger partial charge in [0, 0.05) is 12.6 Å². The molecule has 2 N–H and O–H groups in total. The molecule has 0 radical (unpaired) electrons. The average molecular weight is 250 g/mol. The molecule has 0 saturated heterocycles. The standard InChI is InChI=1S/C14H22N2O2/c1-11(2)16(3)10-6-9-15-14(18)12-7-4-5-8-13(12)17/h4-5,7-8,11,17H,6,9-10H2,1-3H3,(H,15,18). The monoisotopic (exact) mass is 250 g/mol. The maximum Gasteiger partial charge on any atom is 0.255 e. The number of nitrogens with one attached hydrogen (secondary N) is 1. The van der Waals surface area contributed by atoms with E-state index in [1.54, 1.807) is 18.2 Å². The number of nitrogens with zero attached hydrogens (tertiary/aromatic N) is 1. The van der Waals surface area contributed by atoms with Crippen molar-refractivity contribution in [3.05, 3.63) is 29.8 Å². The molecule has 0 aliphatic rings. The van der Waals surface area contributed by atoms with Crippen LogP contribution in [0.4, 0.5) is 0 Å². The van der Waals surface area contributed by atoms with Gasteiger partial charge in [-0.25, -0.2) is 0 Å². The van der Waals surface area contributed by atoms with Crippen LogP contribution in [-0.2, 0) is 0 Å². The van der Waals surface area contributed by atoms with E-state index in [9.17, 15) is 9.90 Å². The van der Waals surface area contributed by atoms with Gasteiger partial charge in [0.25, 0.3) is 5.91 Å². The highest BCUT2D eigenvalue weighted by molar-refractivity contribution is 5.96. The SMILES string of the molecule is CC(C)N(C)CCCNC(=O)c1ccccc1O. The molecule has 0 unspecified atom stereocenters. The Hall–Kier alpha value is -1.55. The molecule has 1 aromatic rings. The molecule has 0 saturated carbocycles. The van der Waals surface area contributed by atoms with E-state index < -0.39 is 0 Å². The van der Waals surface area contributed by atoms with E-state index >= 15 is 0 Å². The van der Waals surface area contributed by atoms with Crippen molar-refractivity contribution >= 4 is 5.91 Å². The lowest BCUT2D eigenvalue weighted by Crippen LogP contribution is -2.31. The van der Waals surface area contributed by atoms with Crippen LogP contribution in [-0.4, -0.2) is 42.1 Å². The number of aromatic hydroxyl groups is 1. The molecule has 0 fully saturated rings. The average Bonchev–Trinajstić information content (AvgIpc) is 2.34. The van der Waals surface area contributed by atoms with E-state index in [0.29, 0.717) is 18.2 Å². The first-order chi connectivity index (χ1) is 8.52. The van der Waals surface area contributed by atoms with Crippen molar-refractivity contribution in [3.8, 4) is 5.75 Å². The number of para-hydroxylation sites is 1. The van der Waals surface area contributed by atoms with Crippen molar-refractivity contribution in [1.82, 2.24) is 10.2 Å². The topological polar surface area (TPSA) is 52.6 Å². The fourth-order valence-corrected chi connectivity index (χ4v) is 1.55. The number of phenols is 1. The third-order valence-electron chi connectivity index (χ3n) is 3.00. The van der Waals surface area contributed by atoms with Gasteiger partial charge in [0.1, 0.15) is 5.75 Å². The number of carbonyl (C=O) groups is 1. The second-order valence-corrected chi connectivity index (χ2v) is 4.70. The minimum absolute atomic E-state index is 0.0225. The molecule has 4 nitrogen and oxygen atoms in total. The molecule has 100 valence electrons. The van der Waals surface area contributed by atoms with Crippen molar-refractivity contribution in [2.24, 2.45) is 0 Å². The number of phenolic OH excluding ortho intramolecular Hbond substituents is 1. The van der Waals surface area contributed by atoms with Gasteiger partial charge in [-0.3, -0.25) is 4.79 Å². The van der Waals surface area contributed by atoms with Crippen molar-refractivity contribution in [2.45, 2.75) is 26.3 Å². The maximum atomic E-state index is 11.8. The van der Waals surface area contributed by atoms with Gasteiger partial charge in [0.2, 0.25) is 0 Å². The molecular formula is C14H22N2O2. The van der Waals surface area contributed by atoms with Crippen molar-refractivity contribution in [1.29, 1.82) is 0 Å². The first-order valence-electron chi connectivity index (χ1n) is 6.28. The molecule has 0 spiro atoms. The summed E-state index contributed by atoms with van der Waals surface area (Å²) in [6.45, 7) is 5.84. The number of hydrogen-bond donors (Lipinski definition) is 2. The Bertz CT molecular complexity index is 391. The Morgan fingerprint density at radius 1 is 1.39 bits per heavy atom. The quantitative estimate of drug-likeness (QED) is 0.758. The summed E-state index contributed by atoms with van der Waals surface area (Å²) in [5, 5.41) is 12.3. The fraction of sp³-hybridized carbons (Fsp3) is 0.500. The predicted octanol–water partition coefficient (Wildman–Crippen LogP) is 1.85. The number of carbonyl (C=O) groups excluding carboxylic acids is 1. The second kappa shape index (κ2) is 7.01. The third kappa shape index (κ3) is 4.37. The van der Waals surface area contributed by atoms with Crippen LogP contribution in [0.25, 0.3) is 0 Å². The molecule has 1 rings (SSSR count). The third-order valence-corrected chi connectivity index (χ3v) is 3.00. The highest BCUT2D eigenvalue weighted by atomic mass is 16.3. The molecule has 1 amide bonds. The number of rotatable bonds is 6. The van der Waals surface area contributed by atoms with E-state index in [1.807, 2.05) is 0 Å². The van der Waals surface area contributed by atoms with Crippen LogP contribution in [0.3, 0.4) is 0 Å². The highest BCUT2D eigenvalue weighted by Crippen LogP contribution is 2.14. The normalized spacial score (nSPS) is 10.9. The Labute approximate surface area is 109 Å². The maximum absolute atomic E-state index is 11.8.